The van der Waals surface area contributed by atoms with Crippen molar-refractivity contribution in [2.75, 3.05) is 0 Å². The number of hydrogen-bond acceptors (Lipinski definition) is 3. The summed E-state index contributed by atoms with van der Waals surface area (Å²) >= 11 is 1.50. The first kappa shape index (κ1) is 5.98. The quantitative estimate of drug-likeness (QED) is 0.532. The Morgan fingerprint density at radius 3 is 3.40 bits per heavy atom. The van der Waals surface area contributed by atoms with E-state index in [0.717, 1.165) is 22.7 Å². The zero-order valence-electron chi connectivity index (χ0n) is 5.26. The van der Waals surface area contributed by atoms with Crippen LogP contribution in [0.4, 0.5) is 5.82 Å². The Labute approximate surface area is 66.6 Å². The molecule has 0 saturated carbocycles. The van der Waals surface area contributed by atoms with E-state index in [-0.39, 0.29) is 0 Å². The van der Waals surface area contributed by atoms with Crippen molar-refractivity contribution >= 4 is 27.3 Å². The van der Waals surface area contributed by atoms with Gasteiger partial charge in [-0.3, -0.25) is 0 Å². The van der Waals surface area contributed by atoms with Gasteiger partial charge in [0.2, 0.25) is 0 Å². The van der Waals surface area contributed by atoms with E-state index in [4.69, 9.17) is 0 Å². The second-order valence-electron chi connectivity index (χ2n) is 2.06. The van der Waals surface area contributed by atoms with Crippen LogP contribution in [-0.2, 0) is 6.54 Å². The number of aliphatic imine (C=N–C) groups is 1. The van der Waals surface area contributed by atoms with Gasteiger partial charge in [-0.25, -0.2) is 0 Å². The molecule has 1 aliphatic heterocycles. The Hall–Kier alpha value is -0.762. The molecule has 1 aromatic heterocycles. The monoisotopic (exact) mass is 198 g/mol. The predicted octanol–water partition coefficient (Wildman–Crippen LogP) is -0.867. The third kappa shape index (κ3) is 0.847. The van der Waals surface area contributed by atoms with Crippen LogP contribution in [0.5, 0.6) is 0 Å². The van der Waals surface area contributed by atoms with Crippen LogP contribution in [0.3, 0.4) is 0 Å². The average molecular weight is 198 g/mol. The molecule has 0 amide bonds. The van der Waals surface area contributed by atoms with E-state index in [1.54, 1.807) is 6.33 Å². The van der Waals surface area contributed by atoms with E-state index in [1.807, 2.05) is 0 Å². The molecule has 0 aromatic carbocycles. The molecule has 2 heterocycles. The fraction of sp³-hybridized carbons (Fsp3) is 0.200. The summed E-state index contributed by atoms with van der Waals surface area (Å²) in [6, 6.07) is 0. The summed E-state index contributed by atoms with van der Waals surface area (Å²) in [6.07, 6.45) is 1.67. The third-order valence-electron chi connectivity index (χ3n) is 1.37. The first-order chi connectivity index (χ1) is 4.86. The summed E-state index contributed by atoms with van der Waals surface area (Å²) in [5, 5.41) is 3.13. The number of rotatable bonds is 0. The first-order valence-electron chi connectivity index (χ1n) is 2.96. The normalized spacial score (nSPS) is 15.5. The predicted molar refractivity (Wildman–Crippen MR) is 41.1 cm³/mol. The molecule has 1 aromatic rings. The van der Waals surface area contributed by atoms with E-state index >= 15 is 0 Å². The van der Waals surface area contributed by atoms with Gasteiger partial charge in [0.1, 0.15) is 0 Å². The van der Waals surface area contributed by atoms with Crippen molar-refractivity contribution < 1.29 is 0 Å². The Morgan fingerprint density at radius 1 is 1.60 bits per heavy atom. The van der Waals surface area contributed by atoms with Gasteiger partial charge in [0.15, 0.2) is 0 Å². The third-order valence-corrected chi connectivity index (χ3v) is 2.07. The topological polar surface area (TPSA) is 53.1 Å². The first-order valence-corrected chi connectivity index (χ1v) is 4.17. The van der Waals surface area contributed by atoms with E-state index in [9.17, 15) is 0 Å². The standard InChI is InChI=1S/C5H7AsN4/c6-5-7-1-3-4(10-5)9-2-8-3/h2H,1,6H2,(H,7,10)(H,8,9). The second-order valence-corrected chi connectivity index (χ2v) is 3.20. The summed E-state index contributed by atoms with van der Waals surface area (Å²) in [5.74, 6) is 0.832. The SMILES string of the molecule is [AsH2]C1=Nc2nc[nH]c2CN1. The maximum atomic E-state index is 4.20. The minimum atomic E-state index is 0.826. The van der Waals surface area contributed by atoms with E-state index in [2.05, 4.69) is 20.3 Å². The number of nitrogens with one attached hydrogen (secondary N) is 2. The Morgan fingerprint density at radius 2 is 2.50 bits per heavy atom. The van der Waals surface area contributed by atoms with Crippen molar-refractivity contribution in [1.29, 1.82) is 0 Å². The number of H-pyrrole nitrogens is 1. The zero-order valence-corrected chi connectivity index (χ0v) is 7.68. The van der Waals surface area contributed by atoms with Crippen molar-refractivity contribution in [3.8, 4) is 0 Å². The van der Waals surface area contributed by atoms with Gasteiger partial charge < -0.3 is 0 Å². The van der Waals surface area contributed by atoms with Gasteiger partial charge in [-0.1, -0.05) is 0 Å². The van der Waals surface area contributed by atoms with Crippen LogP contribution >= 0.6 is 0 Å². The number of nitrogens with zero attached hydrogens (tertiary/aromatic N) is 2. The summed E-state index contributed by atoms with van der Waals surface area (Å²) in [7, 11) is 0. The van der Waals surface area contributed by atoms with Gasteiger partial charge in [-0.15, -0.1) is 0 Å². The van der Waals surface area contributed by atoms with Crippen LogP contribution < -0.4 is 5.32 Å². The fourth-order valence-corrected chi connectivity index (χ4v) is 1.34. The average Bonchev–Trinajstić information content (AvgIpc) is 2.33. The molecule has 5 heteroatoms. The molecule has 1 atom stereocenters. The molecule has 0 saturated heterocycles. The van der Waals surface area contributed by atoms with E-state index < -0.39 is 0 Å². The van der Waals surface area contributed by atoms with Gasteiger partial charge in [0.05, 0.1) is 0 Å². The van der Waals surface area contributed by atoms with Crippen LogP contribution in [0.25, 0.3) is 0 Å². The molecule has 2 N–H and O–H groups in total. The van der Waals surface area contributed by atoms with Crippen LogP contribution in [0.1, 0.15) is 5.69 Å². The Bertz CT molecular complexity index is 277. The Kier molecular flexibility index (Phi) is 1.27. The second kappa shape index (κ2) is 2.13. The molecular formula is C5H7AsN4. The molecule has 52 valence electrons. The minimum absolute atomic E-state index is 0.826. The van der Waals surface area contributed by atoms with Crippen molar-refractivity contribution in [2.24, 2.45) is 4.99 Å². The van der Waals surface area contributed by atoms with Gasteiger partial charge in [0, 0.05) is 0 Å². The molecule has 0 fully saturated rings. The summed E-state index contributed by atoms with van der Waals surface area (Å²) in [6.45, 7) is 0.826. The number of amidine groups is 1. The molecule has 4 nitrogen and oxygen atoms in total. The molecule has 1 unspecified atom stereocenters. The number of aromatic amines is 1. The molecular weight excluding hydrogens is 191 g/mol. The van der Waals surface area contributed by atoms with Crippen molar-refractivity contribution in [3.63, 3.8) is 0 Å². The van der Waals surface area contributed by atoms with Crippen LogP contribution in [0.15, 0.2) is 11.3 Å². The fourth-order valence-electron chi connectivity index (χ4n) is 0.873. The molecule has 0 aliphatic carbocycles. The van der Waals surface area contributed by atoms with Gasteiger partial charge in [-0.05, 0) is 0 Å². The number of hydrogen-bond donors (Lipinski definition) is 2. The van der Waals surface area contributed by atoms with Crippen molar-refractivity contribution in [2.45, 2.75) is 6.54 Å². The molecule has 10 heavy (non-hydrogen) atoms. The number of fused-ring (bicyclic) bond motifs is 1. The van der Waals surface area contributed by atoms with E-state index in [1.165, 1.54) is 16.9 Å². The van der Waals surface area contributed by atoms with Crippen LogP contribution in [0.2, 0.25) is 0 Å². The van der Waals surface area contributed by atoms with E-state index in [0.29, 0.717) is 0 Å². The number of aromatic nitrogens is 2. The molecule has 2 rings (SSSR count). The molecule has 1 aliphatic rings. The molecule has 0 bridgehead atoms. The van der Waals surface area contributed by atoms with Crippen molar-refractivity contribution in [3.05, 3.63) is 12.0 Å². The zero-order chi connectivity index (χ0) is 6.97. The summed E-state index contributed by atoms with van der Waals surface area (Å²) in [5.41, 5.74) is 1.07. The maximum absolute atomic E-state index is 4.20. The summed E-state index contributed by atoms with van der Waals surface area (Å²) < 4.78 is 0.993. The van der Waals surface area contributed by atoms with Gasteiger partial charge in [0.25, 0.3) is 0 Å². The van der Waals surface area contributed by atoms with Crippen LogP contribution in [0, 0.1) is 0 Å². The molecule has 0 spiro atoms. The van der Waals surface area contributed by atoms with Crippen LogP contribution in [-0.4, -0.2) is 31.4 Å². The Balaban J connectivity index is 2.50. The summed E-state index contributed by atoms with van der Waals surface area (Å²) in [4.78, 5) is 11.2. The van der Waals surface area contributed by atoms with Gasteiger partial charge >= 0.3 is 66.1 Å². The molecule has 0 radical (unpaired) electrons. The number of imidazole rings is 1. The van der Waals surface area contributed by atoms with Gasteiger partial charge in [-0.2, -0.15) is 0 Å². The van der Waals surface area contributed by atoms with Crippen molar-refractivity contribution in [1.82, 2.24) is 15.3 Å².